The van der Waals surface area contributed by atoms with Gasteiger partial charge in [0.15, 0.2) is 0 Å². The molecule has 2 aromatic rings. The summed E-state index contributed by atoms with van der Waals surface area (Å²) in [7, 11) is 0. The number of amides is 3. The molecule has 0 spiro atoms. The molecular weight excluding hydrogens is 280 g/mol. The number of hydrogen-bond donors (Lipinski definition) is 2. The molecule has 3 rings (SSSR count). The van der Waals surface area contributed by atoms with E-state index in [0.29, 0.717) is 22.2 Å². The first-order chi connectivity index (χ1) is 10.5. The van der Waals surface area contributed by atoms with Gasteiger partial charge in [-0.1, -0.05) is 26.0 Å². The summed E-state index contributed by atoms with van der Waals surface area (Å²) in [4.78, 5) is 36.0. The molecule has 0 aliphatic carbocycles. The van der Waals surface area contributed by atoms with Crippen molar-refractivity contribution in [1.82, 2.24) is 5.32 Å². The molecule has 2 N–H and O–H groups in total. The first-order valence-corrected chi connectivity index (χ1v) is 7.24. The second kappa shape index (κ2) is 5.26. The average Bonchev–Trinajstić information content (AvgIpc) is 2.51. The van der Waals surface area contributed by atoms with Crippen LogP contribution in [0.1, 0.15) is 41.0 Å². The van der Waals surface area contributed by atoms with Crippen LogP contribution in [0.25, 0.3) is 10.8 Å². The third-order valence-corrected chi connectivity index (χ3v) is 4.02. The number of nitrogens with one attached hydrogen (secondary N) is 2. The molecule has 2 aromatic carbocycles. The third-order valence-electron chi connectivity index (χ3n) is 4.02. The Labute approximate surface area is 127 Å². The van der Waals surface area contributed by atoms with E-state index in [1.54, 1.807) is 24.3 Å². The molecule has 0 bridgehead atoms. The van der Waals surface area contributed by atoms with Crippen molar-refractivity contribution in [2.24, 2.45) is 5.92 Å². The zero-order valence-corrected chi connectivity index (χ0v) is 12.4. The van der Waals surface area contributed by atoms with E-state index in [9.17, 15) is 14.4 Å². The van der Waals surface area contributed by atoms with Crippen LogP contribution in [-0.4, -0.2) is 17.7 Å². The average molecular weight is 296 g/mol. The lowest BCUT2D eigenvalue weighted by atomic mass is 9.94. The van der Waals surface area contributed by atoms with Crippen molar-refractivity contribution in [3.63, 3.8) is 0 Å². The Morgan fingerprint density at radius 1 is 1.18 bits per heavy atom. The van der Waals surface area contributed by atoms with Crippen LogP contribution in [0.5, 0.6) is 0 Å². The van der Waals surface area contributed by atoms with Gasteiger partial charge in [-0.3, -0.25) is 19.7 Å². The Morgan fingerprint density at radius 3 is 2.64 bits per heavy atom. The largest absolute Gasteiger partial charge is 0.326 e. The highest BCUT2D eigenvalue weighted by Gasteiger charge is 2.25. The number of imide groups is 1. The van der Waals surface area contributed by atoms with Gasteiger partial charge in [-0.05, 0) is 30.0 Å². The number of rotatable bonds is 3. The lowest BCUT2D eigenvalue weighted by Crippen LogP contribution is -2.34. The smallest absolute Gasteiger partial charge is 0.258 e. The lowest BCUT2D eigenvalue weighted by molar-refractivity contribution is -0.119. The molecule has 22 heavy (non-hydrogen) atoms. The maximum Gasteiger partial charge on any atom is 0.258 e. The molecule has 1 heterocycles. The summed E-state index contributed by atoms with van der Waals surface area (Å²) < 4.78 is 0. The molecule has 1 atom stereocenters. The summed E-state index contributed by atoms with van der Waals surface area (Å²) in [5.74, 6) is -1.01. The van der Waals surface area contributed by atoms with Crippen LogP contribution < -0.4 is 10.6 Å². The van der Waals surface area contributed by atoms with Gasteiger partial charge in [0, 0.05) is 22.6 Å². The Hall–Kier alpha value is -2.69. The first-order valence-electron chi connectivity index (χ1n) is 7.24. The van der Waals surface area contributed by atoms with Gasteiger partial charge in [-0.2, -0.15) is 0 Å². The van der Waals surface area contributed by atoms with Crippen LogP contribution in [0.3, 0.4) is 0 Å². The van der Waals surface area contributed by atoms with Gasteiger partial charge in [0.1, 0.15) is 0 Å². The van der Waals surface area contributed by atoms with E-state index in [2.05, 4.69) is 10.6 Å². The molecule has 112 valence electrons. The highest BCUT2D eigenvalue weighted by Crippen LogP contribution is 2.30. The van der Waals surface area contributed by atoms with Crippen LogP contribution in [-0.2, 0) is 4.79 Å². The van der Waals surface area contributed by atoms with Gasteiger partial charge in [0.2, 0.25) is 5.91 Å². The van der Waals surface area contributed by atoms with Crippen molar-refractivity contribution in [2.75, 3.05) is 5.32 Å². The van der Waals surface area contributed by atoms with Crippen molar-refractivity contribution in [3.8, 4) is 0 Å². The van der Waals surface area contributed by atoms with Gasteiger partial charge in [-0.25, -0.2) is 0 Å². The normalized spacial score (nSPS) is 14.6. The molecule has 1 aliphatic heterocycles. The molecule has 1 unspecified atom stereocenters. The standard InChI is InChI=1S/C17H16N2O3/c1-3-9(2)15(20)18-11-7-10-5-4-6-12-14(10)13(8-11)17(22)19-16(12)21/h4-9H,3H2,1-2H3,(H,18,20)(H,19,21,22). The van der Waals surface area contributed by atoms with Crippen molar-refractivity contribution in [1.29, 1.82) is 0 Å². The van der Waals surface area contributed by atoms with E-state index in [4.69, 9.17) is 0 Å². The molecule has 0 radical (unpaired) electrons. The summed E-state index contributed by atoms with van der Waals surface area (Å²) >= 11 is 0. The monoisotopic (exact) mass is 296 g/mol. The fourth-order valence-corrected chi connectivity index (χ4v) is 2.56. The highest BCUT2D eigenvalue weighted by molar-refractivity contribution is 6.26. The molecule has 0 fully saturated rings. The van der Waals surface area contributed by atoms with Gasteiger partial charge in [-0.15, -0.1) is 0 Å². The maximum absolute atomic E-state index is 12.1. The molecule has 5 nitrogen and oxygen atoms in total. The SMILES string of the molecule is CCC(C)C(=O)Nc1cc2c3c(cccc3c1)C(=O)NC2=O. The second-order valence-electron chi connectivity index (χ2n) is 5.51. The molecule has 3 amide bonds. The zero-order chi connectivity index (χ0) is 15.9. The maximum atomic E-state index is 12.1. The van der Waals surface area contributed by atoms with Gasteiger partial charge in [0.25, 0.3) is 11.8 Å². The summed E-state index contributed by atoms with van der Waals surface area (Å²) in [6, 6.07) is 8.68. The first kappa shape index (κ1) is 14.3. The summed E-state index contributed by atoms with van der Waals surface area (Å²) in [5, 5.41) is 6.55. The fraction of sp³-hybridized carbons (Fsp3) is 0.235. The van der Waals surface area contributed by atoms with Gasteiger partial charge < -0.3 is 5.32 Å². The van der Waals surface area contributed by atoms with Gasteiger partial charge in [0.05, 0.1) is 5.56 Å². The third kappa shape index (κ3) is 2.24. The van der Waals surface area contributed by atoms with E-state index in [-0.39, 0.29) is 17.7 Å². The van der Waals surface area contributed by atoms with Crippen LogP contribution in [0.15, 0.2) is 30.3 Å². The topological polar surface area (TPSA) is 75.3 Å². The predicted octanol–water partition coefficient (Wildman–Crippen LogP) is 2.71. The minimum atomic E-state index is -0.437. The van der Waals surface area contributed by atoms with Crippen LogP contribution in [0, 0.1) is 5.92 Å². The quantitative estimate of drug-likeness (QED) is 0.855. The fourth-order valence-electron chi connectivity index (χ4n) is 2.56. The van der Waals surface area contributed by atoms with E-state index in [1.807, 2.05) is 19.9 Å². The molecule has 0 saturated carbocycles. The summed E-state index contributed by atoms with van der Waals surface area (Å²) in [6.07, 6.45) is 0.741. The Kier molecular flexibility index (Phi) is 3.41. The van der Waals surface area contributed by atoms with Crippen molar-refractivity contribution < 1.29 is 14.4 Å². The number of anilines is 1. The van der Waals surface area contributed by atoms with Crippen LogP contribution in [0.2, 0.25) is 0 Å². The molecule has 5 heteroatoms. The molecular formula is C17H16N2O3. The summed E-state index contributed by atoms with van der Waals surface area (Å²) in [5.41, 5.74) is 1.45. The van der Waals surface area contributed by atoms with Crippen molar-refractivity contribution in [2.45, 2.75) is 20.3 Å². The van der Waals surface area contributed by atoms with E-state index < -0.39 is 5.91 Å². The summed E-state index contributed by atoms with van der Waals surface area (Å²) in [6.45, 7) is 3.80. The predicted molar refractivity (Wildman–Crippen MR) is 83.8 cm³/mol. The van der Waals surface area contributed by atoms with E-state index in [1.165, 1.54) is 0 Å². The van der Waals surface area contributed by atoms with Crippen LogP contribution in [0.4, 0.5) is 5.69 Å². The Morgan fingerprint density at radius 2 is 1.91 bits per heavy atom. The molecule has 0 saturated heterocycles. The Bertz CT molecular complexity index is 811. The minimum absolute atomic E-state index is 0.0856. The van der Waals surface area contributed by atoms with E-state index in [0.717, 1.165) is 11.8 Å². The number of benzene rings is 2. The zero-order valence-electron chi connectivity index (χ0n) is 12.4. The minimum Gasteiger partial charge on any atom is -0.326 e. The highest BCUT2D eigenvalue weighted by atomic mass is 16.2. The lowest BCUT2D eigenvalue weighted by Gasteiger charge is -2.18. The number of carbonyl (C=O) groups excluding carboxylic acids is 3. The molecule has 1 aliphatic rings. The van der Waals surface area contributed by atoms with Gasteiger partial charge >= 0.3 is 0 Å². The number of hydrogen-bond acceptors (Lipinski definition) is 3. The second-order valence-corrected chi connectivity index (χ2v) is 5.51. The molecule has 0 aromatic heterocycles. The van der Waals surface area contributed by atoms with E-state index >= 15 is 0 Å². The van der Waals surface area contributed by atoms with Crippen molar-refractivity contribution >= 4 is 34.2 Å². The number of carbonyl (C=O) groups is 3. The Balaban J connectivity index is 2.12. The van der Waals surface area contributed by atoms with Crippen molar-refractivity contribution in [3.05, 3.63) is 41.5 Å². The van der Waals surface area contributed by atoms with Crippen LogP contribution >= 0.6 is 0 Å².